The molecule has 1 aliphatic heterocycles. The second-order valence-corrected chi connectivity index (χ2v) is 6.53. The number of unbranched alkanes of at least 4 members (excludes halogenated alkanes) is 1. The summed E-state index contributed by atoms with van der Waals surface area (Å²) >= 11 is 0. The van der Waals surface area contributed by atoms with Gasteiger partial charge < -0.3 is 10.2 Å². The molecular weight excluding hydrogens is 272 g/mol. The van der Waals surface area contributed by atoms with Crippen molar-refractivity contribution in [2.75, 3.05) is 24.5 Å². The van der Waals surface area contributed by atoms with E-state index in [0.717, 1.165) is 31.4 Å². The number of nitrogens with zero attached hydrogens (tertiary/aromatic N) is 3. The summed E-state index contributed by atoms with van der Waals surface area (Å²) in [5, 5.41) is 12.0. The Morgan fingerprint density at radius 2 is 2.27 bits per heavy atom. The van der Waals surface area contributed by atoms with Gasteiger partial charge in [-0.2, -0.15) is 5.10 Å². The van der Waals surface area contributed by atoms with Crippen LogP contribution in [-0.2, 0) is 0 Å². The topological polar surface area (TPSA) is 41.0 Å². The molecule has 1 saturated heterocycles. The highest BCUT2D eigenvalue weighted by Crippen LogP contribution is 2.18. The van der Waals surface area contributed by atoms with Gasteiger partial charge in [0.15, 0.2) is 5.82 Å². The fourth-order valence-electron chi connectivity index (χ4n) is 3.35. The second kappa shape index (κ2) is 9.78. The van der Waals surface area contributed by atoms with Crippen molar-refractivity contribution < 1.29 is 0 Å². The largest absolute Gasteiger partial charge is 0.354 e. The molecule has 0 amide bonds. The van der Waals surface area contributed by atoms with E-state index in [2.05, 4.69) is 40.3 Å². The normalized spacial score (nSPS) is 20.1. The maximum absolute atomic E-state index is 4.24. The lowest BCUT2D eigenvalue weighted by molar-refractivity contribution is 0.370. The van der Waals surface area contributed by atoms with Gasteiger partial charge in [0, 0.05) is 25.3 Å². The van der Waals surface area contributed by atoms with Crippen LogP contribution >= 0.6 is 0 Å². The van der Waals surface area contributed by atoms with Crippen molar-refractivity contribution >= 4 is 5.82 Å². The van der Waals surface area contributed by atoms with Gasteiger partial charge in [-0.1, -0.05) is 39.5 Å². The smallest absolute Gasteiger partial charge is 0.151 e. The Hall–Kier alpha value is -1.16. The van der Waals surface area contributed by atoms with Gasteiger partial charge in [-0.05, 0) is 43.9 Å². The fraction of sp³-hybridized carbons (Fsp3) is 0.778. The molecular formula is C18H32N4. The average Bonchev–Trinajstić information content (AvgIpc) is 2.59. The monoisotopic (exact) mass is 304 g/mol. The van der Waals surface area contributed by atoms with E-state index in [0.29, 0.717) is 6.04 Å². The molecule has 1 N–H and O–H groups in total. The number of piperidine rings is 1. The molecule has 124 valence electrons. The molecule has 0 unspecified atom stereocenters. The molecule has 0 saturated carbocycles. The number of aromatic nitrogens is 2. The van der Waals surface area contributed by atoms with Crippen LogP contribution in [0.5, 0.6) is 0 Å². The van der Waals surface area contributed by atoms with E-state index in [1.165, 1.54) is 44.9 Å². The van der Waals surface area contributed by atoms with Crippen molar-refractivity contribution in [2.45, 2.75) is 64.8 Å². The van der Waals surface area contributed by atoms with E-state index in [9.17, 15) is 0 Å². The van der Waals surface area contributed by atoms with Crippen molar-refractivity contribution in [3.8, 4) is 0 Å². The molecule has 1 aromatic rings. The van der Waals surface area contributed by atoms with Crippen LogP contribution in [0.15, 0.2) is 18.3 Å². The Morgan fingerprint density at radius 3 is 3.00 bits per heavy atom. The zero-order valence-corrected chi connectivity index (χ0v) is 14.3. The number of hydrogen-bond donors (Lipinski definition) is 1. The third-order valence-corrected chi connectivity index (χ3v) is 4.83. The zero-order chi connectivity index (χ0) is 15.6. The molecule has 1 aromatic heterocycles. The third-order valence-electron chi connectivity index (χ3n) is 4.83. The SMILES string of the molecule is CCCC[C@H](CC)CCN[C@H]1CCCN(c2cccnn2)C1. The van der Waals surface area contributed by atoms with Crippen LogP contribution in [-0.4, -0.2) is 35.9 Å². The number of hydrogen-bond acceptors (Lipinski definition) is 4. The van der Waals surface area contributed by atoms with Gasteiger partial charge in [-0.15, -0.1) is 5.10 Å². The lowest BCUT2D eigenvalue weighted by Crippen LogP contribution is -2.46. The van der Waals surface area contributed by atoms with Crippen LogP contribution < -0.4 is 10.2 Å². The van der Waals surface area contributed by atoms with E-state index in [1.54, 1.807) is 6.20 Å². The predicted molar refractivity (Wildman–Crippen MR) is 93.2 cm³/mol. The highest BCUT2D eigenvalue weighted by molar-refractivity contribution is 5.37. The van der Waals surface area contributed by atoms with E-state index < -0.39 is 0 Å². The van der Waals surface area contributed by atoms with E-state index >= 15 is 0 Å². The van der Waals surface area contributed by atoms with E-state index in [1.807, 2.05) is 6.07 Å². The first-order chi connectivity index (χ1) is 10.8. The molecule has 2 atom stereocenters. The summed E-state index contributed by atoms with van der Waals surface area (Å²) in [4.78, 5) is 2.36. The molecule has 2 rings (SSSR count). The first-order valence-electron chi connectivity index (χ1n) is 9.09. The summed E-state index contributed by atoms with van der Waals surface area (Å²) in [7, 11) is 0. The fourth-order valence-corrected chi connectivity index (χ4v) is 3.35. The number of rotatable bonds is 9. The minimum Gasteiger partial charge on any atom is -0.354 e. The molecule has 22 heavy (non-hydrogen) atoms. The average molecular weight is 304 g/mol. The van der Waals surface area contributed by atoms with Gasteiger partial charge in [-0.25, -0.2) is 0 Å². The summed E-state index contributed by atoms with van der Waals surface area (Å²) in [6.07, 6.45) is 11.0. The molecule has 1 fully saturated rings. The first-order valence-corrected chi connectivity index (χ1v) is 9.09. The molecule has 2 heterocycles. The lowest BCUT2D eigenvalue weighted by Gasteiger charge is -2.34. The highest BCUT2D eigenvalue weighted by Gasteiger charge is 2.20. The number of anilines is 1. The van der Waals surface area contributed by atoms with Crippen LogP contribution in [0.2, 0.25) is 0 Å². The van der Waals surface area contributed by atoms with Gasteiger partial charge in [0.1, 0.15) is 0 Å². The van der Waals surface area contributed by atoms with Crippen LogP contribution in [0.1, 0.15) is 58.8 Å². The minimum atomic E-state index is 0.597. The van der Waals surface area contributed by atoms with Crippen molar-refractivity contribution in [2.24, 2.45) is 5.92 Å². The van der Waals surface area contributed by atoms with Crippen molar-refractivity contribution in [3.63, 3.8) is 0 Å². The van der Waals surface area contributed by atoms with Crippen LogP contribution in [0.4, 0.5) is 5.82 Å². The molecule has 4 heteroatoms. The summed E-state index contributed by atoms with van der Waals surface area (Å²) < 4.78 is 0. The Kier molecular flexibility index (Phi) is 7.64. The Balaban J connectivity index is 1.71. The highest BCUT2D eigenvalue weighted by atomic mass is 15.3. The Morgan fingerprint density at radius 1 is 1.36 bits per heavy atom. The number of nitrogens with one attached hydrogen (secondary N) is 1. The first kappa shape index (κ1) is 17.2. The maximum Gasteiger partial charge on any atom is 0.151 e. The minimum absolute atomic E-state index is 0.597. The molecule has 0 aliphatic carbocycles. The quantitative estimate of drug-likeness (QED) is 0.756. The Bertz CT molecular complexity index is 395. The van der Waals surface area contributed by atoms with Crippen LogP contribution in [0, 0.1) is 5.92 Å². The predicted octanol–water partition coefficient (Wildman–Crippen LogP) is 3.64. The van der Waals surface area contributed by atoms with E-state index in [4.69, 9.17) is 0 Å². The molecule has 4 nitrogen and oxygen atoms in total. The van der Waals surface area contributed by atoms with Gasteiger partial charge in [0.25, 0.3) is 0 Å². The lowest BCUT2D eigenvalue weighted by atomic mass is 9.95. The summed E-state index contributed by atoms with van der Waals surface area (Å²) in [5.41, 5.74) is 0. The summed E-state index contributed by atoms with van der Waals surface area (Å²) in [6.45, 7) is 7.93. The maximum atomic E-state index is 4.24. The van der Waals surface area contributed by atoms with E-state index in [-0.39, 0.29) is 0 Å². The molecule has 1 aliphatic rings. The standard InChI is InChI=1S/C18H32N4/c1-3-5-8-16(4-2)11-13-19-17-9-7-14-22(15-17)18-10-6-12-20-21-18/h6,10,12,16-17,19H,3-5,7-9,11,13-15H2,1-2H3/t16-,17-/m0/s1. The Labute approximate surface area is 135 Å². The van der Waals surface area contributed by atoms with Crippen LogP contribution in [0.25, 0.3) is 0 Å². The molecule has 0 aromatic carbocycles. The van der Waals surface area contributed by atoms with Gasteiger partial charge in [0.05, 0.1) is 0 Å². The van der Waals surface area contributed by atoms with Gasteiger partial charge >= 0.3 is 0 Å². The summed E-state index contributed by atoms with van der Waals surface area (Å²) in [5.74, 6) is 1.91. The molecule has 0 radical (unpaired) electrons. The van der Waals surface area contributed by atoms with Gasteiger partial charge in [0.2, 0.25) is 0 Å². The van der Waals surface area contributed by atoms with Crippen molar-refractivity contribution in [1.82, 2.24) is 15.5 Å². The van der Waals surface area contributed by atoms with Crippen LogP contribution in [0.3, 0.4) is 0 Å². The second-order valence-electron chi connectivity index (χ2n) is 6.53. The van der Waals surface area contributed by atoms with Gasteiger partial charge in [-0.3, -0.25) is 0 Å². The molecule has 0 bridgehead atoms. The summed E-state index contributed by atoms with van der Waals surface area (Å²) in [6, 6.07) is 4.63. The molecule has 0 spiro atoms. The van der Waals surface area contributed by atoms with Crippen molar-refractivity contribution in [3.05, 3.63) is 18.3 Å². The zero-order valence-electron chi connectivity index (χ0n) is 14.3. The third kappa shape index (κ3) is 5.56. The van der Waals surface area contributed by atoms with Crippen molar-refractivity contribution in [1.29, 1.82) is 0 Å².